The number of halogens is 4. The van der Waals surface area contributed by atoms with Crippen LogP contribution in [0.4, 0.5) is 24.5 Å². The normalized spacial score (nSPS) is 17.8. The van der Waals surface area contributed by atoms with Crippen LogP contribution in [0.1, 0.15) is 50.3 Å². The molecule has 204 valence electrons. The highest BCUT2D eigenvalue weighted by Crippen LogP contribution is 2.40. The molecule has 1 amide bonds. The lowest BCUT2D eigenvalue weighted by Crippen LogP contribution is -2.44. The Bertz CT molecular complexity index is 1260. The SMILES string of the molecule is CCc1cc(N2C(=S)N(c3ccc(C#N)c(C(F)(F)F)c3)C(=O)C2(C)C)ccc1OCC1CCNCC1.Cl. The molecule has 0 aliphatic carbocycles. The summed E-state index contributed by atoms with van der Waals surface area (Å²) < 4.78 is 46.9. The van der Waals surface area contributed by atoms with E-state index in [9.17, 15) is 18.0 Å². The van der Waals surface area contributed by atoms with Gasteiger partial charge in [-0.05, 0) is 106 Å². The van der Waals surface area contributed by atoms with Crippen molar-refractivity contribution in [2.75, 3.05) is 29.5 Å². The van der Waals surface area contributed by atoms with E-state index in [1.165, 1.54) is 6.07 Å². The molecule has 2 aromatic carbocycles. The standard InChI is InChI=1S/C27H29F3N4O2S.ClH/c1-4-18-13-21(7-8-23(18)36-16-17-9-11-32-12-10-17)34-25(37)33(24(35)26(34,2)3)20-6-5-19(15-31)22(14-20)27(28,29)30;/h5-8,13-14,17,32H,4,9-12,16H2,1-3H3;1H. The fraction of sp³-hybridized carbons (Fsp3) is 0.444. The molecular formula is C27H30ClF3N4O2S. The molecule has 4 rings (SSSR count). The number of piperidine rings is 1. The molecule has 2 aliphatic rings. The average molecular weight is 567 g/mol. The second kappa shape index (κ2) is 11.5. The number of rotatable bonds is 6. The first-order valence-corrected chi connectivity index (χ1v) is 12.7. The van der Waals surface area contributed by atoms with Crippen LogP contribution in [0.25, 0.3) is 0 Å². The Balaban J connectivity index is 0.00000400. The van der Waals surface area contributed by atoms with E-state index in [2.05, 4.69) is 5.32 Å². The molecular weight excluding hydrogens is 537 g/mol. The monoisotopic (exact) mass is 566 g/mol. The number of ether oxygens (including phenoxy) is 1. The predicted molar refractivity (Wildman–Crippen MR) is 147 cm³/mol. The second-order valence-electron chi connectivity index (χ2n) is 9.81. The molecule has 0 spiro atoms. The molecule has 0 saturated carbocycles. The average Bonchev–Trinajstić information content (AvgIpc) is 3.05. The Morgan fingerprint density at radius 3 is 2.42 bits per heavy atom. The fourth-order valence-electron chi connectivity index (χ4n) is 4.84. The number of anilines is 2. The van der Waals surface area contributed by atoms with Crippen LogP contribution in [0.3, 0.4) is 0 Å². The first-order chi connectivity index (χ1) is 17.5. The van der Waals surface area contributed by atoms with Crippen molar-refractivity contribution in [2.24, 2.45) is 5.92 Å². The molecule has 38 heavy (non-hydrogen) atoms. The van der Waals surface area contributed by atoms with Crippen LogP contribution < -0.4 is 19.9 Å². The van der Waals surface area contributed by atoms with Crippen molar-refractivity contribution in [1.82, 2.24) is 5.32 Å². The minimum atomic E-state index is -4.75. The van der Waals surface area contributed by atoms with Crippen LogP contribution in [0, 0.1) is 17.2 Å². The quantitative estimate of drug-likeness (QED) is 0.442. The maximum atomic E-state index is 13.6. The molecule has 6 nitrogen and oxygen atoms in total. The highest BCUT2D eigenvalue weighted by molar-refractivity contribution is 7.81. The van der Waals surface area contributed by atoms with Crippen molar-refractivity contribution >= 4 is 47.0 Å². The van der Waals surface area contributed by atoms with E-state index in [-0.39, 0.29) is 23.2 Å². The summed E-state index contributed by atoms with van der Waals surface area (Å²) in [6, 6.07) is 10.3. The van der Waals surface area contributed by atoms with E-state index >= 15 is 0 Å². The number of carbonyl (C=O) groups excluding carboxylic acids is 1. The number of amides is 1. The molecule has 2 aliphatic heterocycles. The highest BCUT2D eigenvalue weighted by Gasteiger charge is 2.50. The molecule has 0 radical (unpaired) electrons. The molecule has 2 heterocycles. The van der Waals surface area contributed by atoms with Crippen molar-refractivity contribution in [3.63, 3.8) is 0 Å². The number of nitriles is 1. The van der Waals surface area contributed by atoms with Crippen LogP contribution in [0.5, 0.6) is 5.75 Å². The van der Waals surface area contributed by atoms with Gasteiger partial charge in [-0.25, -0.2) is 0 Å². The van der Waals surface area contributed by atoms with Crippen molar-refractivity contribution in [3.05, 3.63) is 53.1 Å². The number of benzene rings is 2. The summed E-state index contributed by atoms with van der Waals surface area (Å²) in [7, 11) is 0. The van der Waals surface area contributed by atoms with Crippen LogP contribution in [0.15, 0.2) is 36.4 Å². The Kier molecular flexibility index (Phi) is 8.97. The summed E-state index contributed by atoms with van der Waals surface area (Å²) in [4.78, 5) is 16.2. The zero-order valence-electron chi connectivity index (χ0n) is 21.4. The number of nitrogens with zero attached hydrogens (tertiary/aromatic N) is 3. The Labute approximate surface area is 232 Å². The third-order valence-electron chi connectivity index (χ3n) is 6.97. The maximum Gasteiger partial charge on any atom is 0.417 e. The lowest BCUT2D eigenvalue weighted by atomic mass is 9.99. The number of alkyl halides is 3. The van der Waals surface area contributed by atoms with Crippen molar-refractivity contribution in [2.45, 2.75) is 51.7 Å². The first-order valence-electron chi connectivity index (χ1n) is 12.3. The summed E-state index contributed by atoms with van der Waals surface area (Å²) in [6.07, 6.45) is -1.92. The van der Waals surface area contributed by atoms with Gasteiger partial charge in [-0.15, -0.1) is 12.4 Å². The van der Waals surface area contributed by atoms with E-state index in [1.54, 1.807) is 24.8 Å². The van der Waals surface area contributed by atoms with Gasteiger partial charge in [0.25, 0.3) is 5.91 Å². The number of hydrogen-bond donors (Lipinski definition) is 1. The summed E-state index contributed by atoms with van der Waals surface area (Å²) >= 11 is 5.65. The van der Waals surface area contributed by atoms with E-state index < -0.39 is 28.7 Å². The summed E-state index contributed by atoms with van der Waals surface area (Å²) in [5, 5.41) is 12.5. The van der Waals surface area contributed by atoms with Gasteiger partial charge in [-0.2, -0.15) is 18.4 Å². The Morgan fingerprint density at radius 1 is 1.16 bits per heavy atom. The molecule has 2 aromatic rings. The Morgan fingerprint density at radius 2 is 1.82 bits per heavy atom. The molecule has 0 aromatic heterocycles. The number of aryl methyl sites for hydroxylation is 1. The van der Waals surface area contributed by atoms with Crippen molar-refractivity contribution < 1.29 is 22.7 Å². The molecule has 2 fully saturated rings. The minimum absolute atomic E-state index is 0. The molecule has 0 unspecified atom stereocenters. The smallest absolute Gasteiger partial charge is 0.417 e. The summed E-state index contributed by atoms with van der Waals surface area (Å²) in [5.41, 5.74) is -1.20. The van der Waals surface area contributed by atoms with Crippen LogP contribution in [0.2, 0.25) is 0 Å². The zero-order chi connectivity index (χ0) is 27.0. The van der Waals surface area contributed by atoms with Crippen LogP contribution >= 0.6 is 24.6 Å². The summed E-state index contributed by atoms with van der Waals surface area (Å²) in [6.45, 7) is 7.99. The lowest BCUT2D eigenvalue weighted by molar-refractivity contribution is -0.137. The van der Waals surface area contributed by atoms with Crippen molar-refractivity contribution in [3.8, 4) is 11.8 Å². The maximum absolute atomic E-state index is 13.6. The van der Waals surface area contributed by atoms with Gasteiger partial charge < -0.3 is 15.0 Å². The third kappa shape index (κ3) is 5.60. The molecule has 2 saturated heterocycles. The van der Waals surface area contributed by atoms with E-state index in [0.717, 1.165) is 54.3 Å². The highest BCUT2D eigenvalue weighted by atomic mass is 35.5. The van der Waals surface area contributed by atoms with Gasteiger partial charge in [-0.1, -0.05) is 6.92 Å². The van der Waals surface area contributed by atoms with Gasteiger partial charge in [0.15, 0.2) is 5.11 Å². The number of hydrogen-bond acceptors (Lipinski definition) is 5. The van der Waals surface area contributed by atoms with Gasteiger partial charge in [-0.3, -0.25) is 9.69 Å². The number of nitrogens with one attached hydrogen (secondary N) is 1. The topological polar surface area (TPSA) is 68.6 Å². The number of carbonyl (C=O) groups is 1. The van der Waals surface area contributed by atoms with E-state index in [1.807, 2.05) is 25.1 Å². The molecule has 0 atom stereocenters. The molecule has 1 N–H and O–H groups in total. The van der Waals surface area contributed by atoms with Gasteiger partial charge in [0.1, 0.15) is 11.3 Å². The summed E-state index contributed by atoms with van der Waals surface area (Å²) in [5.74, 6) is 0.813. The Hall–Kier alpha value is -2.87. The van der Waals surface area contributed by atoms with Crippen LogP contribution in [-0.2, 0) is 17.4 Å². The first kappa shape index (κ1) is 29.7. The minimum Gasteiger partial charge on any atom is -0.493 e. The zero-order valence-corrected chi connectivity index (χ0v) is 23.0. The van der Waals surface area contributed by atoms with Crippen molar-refractivity contribution in [1.29, 1.82) is 5.26 Å². The molecule has 0 bridgehead atoms. The fourth-order valence-corrected chi connectivity index (χ4v) is 5.36. The third-order valence-corrected chi connectivity index (χ3v) is 7.34. The second-order valence-corrected chi connectivity index (χ2v) is 10.2. The van der Waals surface area contributed by atoms with E-state index in [4.69, 9.17) is 22.2 Å². The lowest BCUT2D eigenvalue weighted by Gasteiger charge is -2.30. The molecule has 11 heteroatoms. The number of thiocarbonyl (C=S) groups is 1. The largest absolute Gasteiger partial charge is 0.493 e. The van der Waals surface area contributed by atoms with Gasteiger partial charge in [0, 0.05) is 5.69 Å². The predicted octanol–water partition coefficient (Wildman–Crippen LogP) is 5.86. The van der Waals surface area contributed by atoms with Gasteiger partial charge in [0.2, 0.25) is 0 Å². The van der Waals surface area contributed by atoms with Crippen LogP contribution in [-0.4, -0.2) is 36.3 Å². The van der Waals surface area contributed by atoms with Gasteiger partial charge >= 0.3 is 6.18 Å². The van der Waals surface area contributed by atoms with Gasteiger partial charge in [0.05, 0.1) is 29.5 Å². The van der Waals surface area contributed by atoms with E-state index in [0.29, 0.717) is 24.6 Å².